The van der Waals surface area contributed by atoms with Crippen LogP contribution in [0.25, 0.3) is 5.57 Å². The van der Waals surface area contributed by atoms with Crippen LogP contribution >= 0.6 is 0 Å². The summed E-state index contributed by atoms with van der Waals surface area (Å²) < 4.78 is 11.5. The van der Waals surface area contributed by atoms with Gasteiger partial charge in [0.25, 0.3) is 0 Å². The van der Waals surface area contributed by atoms with E-state index in [-0.39, 0.29) is 0 Å². The Morgan fingerprint density at radius 1 is 1.23 bits per heavy atom. The van der Waals surface area contributed by atoms with Crippen LogP contribution in [0.5, 0.6) is 0 Å². The van der Waals surface area contributed by atoms with E-state index < -0.39 is 8.49 Å². The molecule has 1 aliphatic heterocycles. The minimum Gasteiger partial charge on any atom is -0.252 e. The molecule has 0 N–H and O–H groups in total. The zero-order valence-electron chi connectivity index (χ0n) is 7.10. The first-order valence-electron chi connectivity index (χ1n) is 4.16. The van der Waals surface area contributed by atoms with E-state index in [4.69, 9.17) is 11.2 Å². The molecule has 0 fully saturated rings. The zero-order valence-corrected chi connectivity index (χ0v) is 8.74. The number of benzene rings is 1. The van der Waals surface area contributed by atoms with Crippen molar-refractivity contribution in [1.29, 1.82) is 0 Å². The van der Waals surface area contributed by atoms with Crippen molar-refractivity contribution in [1.82, 2.24) is 0 Å². The Kier molecular flexibility index (Phi) is 2.22. The number of hydrogen-bond donors (Lipinski definition) is 0. The van der Waals surface area contributed by atoms with Crippen LogP contribution in [-0.4, -0.2) is 9.96 Å². The largest absolute Gasteiger partial charge is 0.252 e. The second-order valence-electron chi connectivity index (χ2n) is 3.13. The van der Waals surface area contributed by atoms with E-state index >= 15 is 0 Å². The Morgan fingerprint density at radius 2 is 1.92 bits per heavy atom. The fourth-order valence-corrected chi connectivity index (χ4v) is 3.36. The zero-order chi connectivity index (χ0) is 9.31. The molecule has 0 radical (unpaired) electrons. The van der Waals surface area contributed by atoms with Gasteiger partial charge < -0.3 is 0 Å². The summed E-state index contributed by atoms with van der Waals surface area (Å²) in [6, 6.07) is 10.0. The molecule has 1 aromatic rings. The number of rotatable bonds is 1. The number of allylic oxidation sites excluding steroid dienone is 1. The van der Waals surface area contributed by atoms with Crippen LogP contribution in [0.2, 0.25) is 0 Å². The van der Waals surface area contributed by atoms with E-state index in [0.29, 0.717) is 5.75 Å². The Balaban J connectivity index is 2.41. The highest BCUT2D eigenvalue weighted by atomic mass is 32.8. The molecule has 0 spiro atoms. The molecule has 68 valence electrons. The standard InChI is InChI=1S/C10H10OS2/c11-13(12)7-6-10(8-13)9-4-2-1-3-5-9/h1-5,8H,6-7H2. The molecular formula is C10H10OS2. The summed E-state index contributed by atoms with van der Waals surface area (Å²) in [6.07, 6.45) is 0.854. The summed E-state index contributed by atoms with van der Waals surface area (Å²) >= 11 is 4.94. The maximum atomic E-state index is 11.5. The summed E-state index contributed by atoms with van der Waals surface area (Å²) in [5.74, 6) is 0.632. The lowest BCUT2D eigenvalue weighted by molar-refractivity contribution is 0.688. The molecule has 1 aliphatic rings. The van der Waals surface area contributed by atoms with E-state index in [1.165, 1.54) is 0 Å². The van der Waals surface area contributed by atoms with Gasteiger partial charge in [0.1, 0.15) is 0 Å². The van der Waals surface area contributed by atoms with Gasteiger partial charge in [0.2, 0.25) is 0 Å². The van der Waals surface area contributed by atoms with Crippen molar-refractivity contribution in [3.8, 4) is 0 Å². The first-order chi connectivity index (χ1) is 6.17. The summed E-state index contributed by atoms with van der Waals surface area (Å²) in [5.41, 5.74) is 2.29. The van der Waals surface area contributed by atoms with Crippen LogP contribution in [0.4, 0.5) is 0 Å². The lowest BCUT2D eigenvalue weighted by Crippen LogP contribution is -1.90. The van der Waals surface area contributed by atoms with E-state index in [1.807, 2.05) is 30.3 Å². The SMILES string of the molecule is O=S1(=S)C=C(c2ccccc2)CC1. The van der Waals surface area contributed by atoms with Crippen molar-refractivity contribution < 1.29 is 4.21 Å². The molecule has 0 amide bonds. The predicted octanol–water partition coefficient (Wildman–Crippen LogP) is 2.18. The molecule has 1 unspecified atom stereocenters. The molecule has 13 heavy (non-hydrogen) atoms. The van der Waals surface area contributed by atoms with Gasteiger partial charge in [0, 0.05) is 11.2 Å². The fraction of sp³-hybridized carbons (Fsp3) is 0.200. The lowest BCUT2D eigenvalue weighted by atomic mass is 10.1. The van der Waals surface area contributed by atoms with Crippen LogP contribution in [0.15, 0.2) is 35.7 Å². The average molecular weight is 210 g/mol. The molecule has 0 saturated heterocycles. The van der Waals surface area contributed by atoms with Gasteiger partial charge in [-0.25, -0.2) is 0 Å². The first-order valence-corrected chi connectivity index (χ1v) is 6.88. The van der Waals surface area contributed by atoms with Gasteiger partial charge in [0.05, 0.1) is 8.49 Å². The second-order valence-corrected chi connectivity index (χ2v) is 6.79. The van der Waals surface area contributed by atoms with Crippen LogP contribution in [0, 0.1) is 0 Å². The Bertz CT molecular complexity index is 429. The molecule has 0 aliphatic carbocycles. The van der Waals surface area contributed by atoms with Crippen LogP contribution in [-0.2, 0) is 19.7 Å². The molecule has 1 nitrogen and oxygen atoms in total. The van der Waals surface area contributed by atoms with Crippen LogP contribution < -0.4 is 0 Å². The van der Waals surface area contributed by atoms with Gasteiger partial charge in [-0.05, 0) is 28.7 Å². The molecule has 1 heterocycles. The summed E-state index contributed by atoms with van der Waals surface area (Å²) in [5, 5.41) is 1.76. The number of hydrogen-bond acceptors (Lipinski definition) is 2. The smallest absolute Gasteiger partial charge is 0.0527 e. The summed E-state index contributed by atoms with van der Waals surface area (Å²) in [4.78, 5) is 0. The van der Waals surface area contributed by atoms with Crippen LogP contribution in [0.3, 0.4) is 0 Å². The highest BCUT2D eigenvalue weighted by molar-refractivity contribution is 8.34. The first kappa shape index (κ1) is 8.91. The monoisotopic (exact) mass is 210 g/mol. The molecule has 2 rings (SSSR count). The lowest BCUT2D eigenvalue weighted by Gasteiger charge is -1.98. The molecule has 0 bridgehead atoms. The van der Waals surface area contributed by atoms with Crippen molar-refractivity contribution in [3.63, 3.8) is 0 Å². The molecule has 3 heteroatoms. The van der Waals surface area contributed by atoms with Gasteiger partial charge in [-0.1, -0.05) is 30.3 Å². The van der Waals surface area contributed by atoms with Crippen molar-refractivity contribution in [2.45, 2.75) is 6.42 Å². The van der Waals surface area contributed by atoms with Gasteiger partial charge >= 0.3 is 0 Å². The van der Waals surface area contributed by atoms with E-state index in [0.717, 1.165) is 17.6 Å². The molecular weight excluding hydrogens is 200 g/mol. The Labute approximate surface area is 83.1 Å². The third-order valence-corrected chi connectivity index (χ3v) is 4.33. The fourth-order valence-electron chi connectivity index (χ4n) is 1.45. The van der Waals surface area contributed by atoms with Gasteiger partial charge in [-0.3, -0.25) is 4.21 Å². The summed E-state index contributed by atoms with van der Waals surface area (Å²) in [7, 11) is -2.07. The van der Waals surface area contributed by atoms with Gasteiger partial charge in [-0.2, -0.15) is 0 Å². The minimum atomic E-state index is -2.07. The van der Waals surface area contributed by atoms with Crippen molar-refractivity contribution >= 4 is 25.3 Å². The molecule has 0 saturated carbocycles. The van der Waals surface area contributed by atoms with E-state index in [2.05, 4.69) is 0 Å². The van der Waals surface area contributed by atoms with Crippen molar-refractivity contribution in [3.05, 3.63) is 41.3 Å². The molecule has 1 atom stereocenters. The Hall–Kier alpha value is -0.670. The van der Waals surface area contributed by atoms with Gasteiger partial charge in [0.15, 0.2) is 0 Å². The maximum Gasteiger partial charge on any atom is 0.0527 e. The van der Waals surface area contributed by atoms with E-state index in [1.54, 1.807) is 5.41 Å². The topological polar surface area (TPSA) is 17.1 Å². The summed E-state index contributed by atoms with van der Waals surface area (Å²) in [6.45, 7) is 0. The quantitative estimate of drug-likeness (QED) is 0.706. The molecule has 1 aromatic carbocycles. The average Bonchev–Trinajstić information content (AvgIpc) is 2.48. The third-order valence-electron chi connectivity index (χ3n) is 2.12. The van der Waals surface area contributed by atoms with Crippen molar-refractivity contribution in [2.75, 3.05) is 5.75 Å². The highest BCUT2D eigenvalue weighted by Crippen LogP contribution is 2.26. The predicted molar refractivity (Wildman–Crippen MR) is 59.4 cm³/mol. The Morgan fingerprint density at radius 3 is 2.46 bits per heavy atom. The van der Waals surface area contributed by atoms with Gasteiger partial charge in [-0.15, -0.1) is 0 Å². The normalized spacial score (nSPS) is 27.2. The van der Waals surface area contributed by atoms with Crippen LogP contribution in [0.1, 0.15) is 12.0 Å². The highest BCUT2D eigenvalue weighted by Gasteiger charge is 2.15. The third kappa shape index (κ3) is 1.98. The minimum absolute atomic E-state index is 0.632. The van der Waals surface area contributed by atoms with E-state index in [9.17, 15) is 4.21 Å². The second kappa shape index (κ2) is 3.24. The maximum absolute atomic E-state index is 11.5. The van der Waals surface area contributed by atoms with Crippen molar-refractivity contribution in [2.24, 2.45) is 0 Å². The molecule has 0 aromatic heterocycles.